The van der Waals surface area contributed by atoms with Crippen molar-refractivity contribution in [2.24, 2.45) is 11.8 Å². The lowest BCUT2D eigenvalue weighted by Crippen LogP contribution is -2.28. The number of Topliss-reactive ketones (excluding diaryl/α,β-unsaturated/α-hetero) is 2. The third-order valence-corrected chi connectivity index (χ3v) is 8.57. The van der Waals surface area contributed by atoms with Gasteiger partial charge in [0, 0.05) is 32.6 Å². The molecule has 0 aliphatic rings. The minimum Gasteiger partial charge on any atom is -0.294 e. The molecule has 0 N–H and O–H groups in total. The third kappa shape index (κ3) is 6.25. The van der Waals surface area contributed by atoms with Gasteiger partial charge < -0.3 is 0 Å². The normalized spacial score (nSPS) is 14.5. The summed E-state index contributed by atoms with van der Waals surface area (Å²) in [5.74, 6) is -0.840. The average Bonchev–Trinajstić information content (AvgIpc) is 2.94. The summed E-state index contributed by atoms with van der Waals surface area (Å²) in [6, 6.07) is 38.5. The number of carbonyl (C=O) groups is 2. The maximum absolute atomic E-state index is 13.9. The maximum atomic E-state index is 13.9. The lowest BCUT2D eigenvalue weighted by atomic mass is 9.79. The number of hydrogen-bond acceptors (Lipinski definition) is 2. The molecule has 4 heteroatoms. The van der Waals surface area contributed by atoms with Crippen molar-refractivity contribution in [2.45, 2.75) is 16.1 Å². The molecular weight excluding hydrogens is 564 g/mol. The van der Waals surface area contributed by atoms with Crippen molar-refractivity contribution in [1.29, 1.82) is 0 Å². The van der Waals surface area contributed by atoms with Gasteiger partial charge in [-0.05, 0) is 17.5 Å². The summed E-state index contributed by atoms with van der Waals surface area (Å²) in [5.41, 5.74) is 3.32. The van der Waals surface area contributed by atoms with Crippen molar-refractivity contribution < 1.29 is 9.59 Å². The molecule has 0 aliphatic carbocycles. The van der Waals surface area contributed by atoms with Gasteiger partial charge in [-0.2, -0.15) is 0 Å². The highest BCUT2D eigenvalue weighted by Gasteiger charge is 2.37. The molecule has 0 saturated carbocycles. The lowest BCUT2D eigenvalue weighted by molar-refractivity contribution is 0.0845. The van der Waals surface area contributed by atoms with Crippen LogP contribution in [0.3, 0.4) is 0 Å². The van der Waals surface area contributed by atoms with E-state index in [1.165, 1.54) is 0 Å². The molecule has 0 spiro atoms. The minimum absolute atomic E-state index is 0.0231. The van der Waals surface area contributed by atoms with Crippen LogP contribution in [0.1, 0.15) is 47.9 Å². The summed E-state index contributed by atoms with van der Waals surface area (Å²) in [5, 5.41) is 0. The molecule has 0 aromatic heterocycles. The fourth-order valence-electron chi connectivity index (χ4n) is 4.36. The first kappa shape index (κ1) is 25.3. The summed E-state index contributed by atoms with van der Waals surface area (Å²) < 4.78 is 0. The Bertz CT molecular complexity index is 1130. The second-order valence-electron chi connectivity index (χ2n) is 8.53. The first-order chi connectivity index (χ1) is 17.1. The third-order valence-electron chi connectivity index (χ3n) is 6.24. The summed E-state index contributed by atoms with van der Waals surface area (Å²) >= 11 is 7.68. The van der Waals surface area contributed by atoms with Crippen LogP contribution in [0.4, 0.5) is 0 Å². The Morgan fingerprint density at radius 2 is 0.771 bits per heavy atom. The largest absolute Gasteiger partial charge is 0.294 e. The molecule has 0 unspecified atom stereocenters. The summed E-state index contributed by atoms with van der Waals surface area (Å²) in [6.45, 7) is 0. The molecule has 4 aromatic carbocycles. The van der Waals surface area contributed by atoms with E-state index in [2.05, 4.69) is 31.9 Å². The molecule has 4 atom stereocenters. The number of hydrogen-bond donors (Lipinski definition) is 0. The molecule has 0 radical (unpaired) electrons. The Labute approximate surface area is 223 Å². The molecule has 4 rings (SSSR count). The Hall–Kier alpha value is -2.82. The van der Waals surface area contributed by atoms with Crippen molar-refractivity contribution >= 4 is 43.4 Å². The molecule has 0 heterocycles. The number of carbonyl (C=O) groups excluding carboxylic acids is 2. The van der Waals surface area contributed by atoms with Gasteiger partial charge in [-0.3, -0.25) is 9.59 Å². The summed E-state index contributed by atoms with van der Waals surface area (Å²) in [6.07, 6.45) is 0.386. The topological polar surface area (TPSA) is 34.1 Å². The molecule has 0 saturated heterocycles. The monoisotopic (exact) mass is 588 g/mol. The van der Waals surface area contributed by atoms with Crippen LogP contribution in [-0.4, -0.2) is 11.6 Å². The van der Waals surface area contributed by atoms with Crippen molar-refractivity contribution in [2.75, 3.05) is 0 Å². The van der Waals surface area contributed by atoms with Gasteiger partial charge in [-0.15, -0.1) is 0 Å². The Morgan fingerprint density at radius 3 is 1.09 bits per heavy atom. The van der Waals surface area contributed by atoms with Crippen LogP contribution >= 0.6 is 31.9 Å². The molecular formula is C31H26Br2O2. The van der Waals surface area contributed by atoms with Gasteiger partial charge in [-0.1, -0.05) is 153 Å². The van der Waals surface area contributed by atoms with Gasteiger partial charge in [0.15, 0.2) is 11.6 Å². The number of alkyl halides is 2. The van der Waals surface area contributed by atoms with E-state index in [9.17, 15) is 9.59 Å². The average molecular weight is 590 g/mol. The molecule has 35 heavy (non-hydrogen) atoms. The smallest absolute Gasteiger partial charge is 0.167 e. The quantitative estimate of drug-likeness (QED) is 0.137. The fraction of sp³-hybridized carbons (Fsp3) is 0.161. The van der Waals surface area contributed by atoms with Gasteiger partial charge in [0.25, 0.3) is 0 Å². The van der Waals surface area contributed by atoms with E-state index in [4.69, 9.17) is 0 Å². The van der Waals surface area contributed by atoms with Crippen LogP contribution in [0.5, 0.6) is 0 Å². The van der Waals surface area contributed by atoms with Gasteiger partial charge in [0.2, 0.25) is 0 Å². The predicted octanol–water partition coefficient (Wildman–Crippen LogP) is 8.65. The van der Waals surface area contributed by atoms with Crippen LogP contribution in [0.25, 0.3) is 0 Å². The van der Waals surface area contributed by atoms with Gasteiger partial charge in [0.1, 0.15) is 0 Å². The van der Waals surface area contributed by atoms with Crippen LogP contribution in [-0.2, 0) is 0 Å². The van der Waals surface area contributed by atoms with Crippen LogP contribution in [0.2, 0.25) is 0 Å². The lowest BCUT2D eigenvalue weighted by Gasteiger charge is -2.29. The van der Waals surface area contributed by atoms with Crippen molar-refractivity contribution in [1.82, 2.24) is 0 Å². The molecule has 0 bridgehead atoms. The van der Waals surface area contributed by atoms with Crippen LogP contribution in [0.15, 0.2) is 121 Å². The fourth-order valence-corrected chi connectivity index (χ4v) is 5.89. The van der Waals surface area contributed by atoms with E-state index in [1.807, 2.05) is 121 Å². The number of rotatable bonds is 10. The molecule has 0 fully saturated rings. The number of ketones is 2. The van der Waals surface area contributed by atoms with E-state index < -0.39 is 11.8 Å². The van der Waals surface area contributed by atoms with Gasteiger partial charge in [-0.25, -0.2) is 0 Å². The predicted molar refractivity (Wildman–Crippen MR) is 149 cm³/mol. The minimum atomic E-state index is -0.443. The second kappa shape index (κ2) is 12.2. The van der Waals surface area contributed by atoms with Crippen LogP contribution in [0, 0.1) is 11.8 Å². The summed E-state index contributed by atoms with van der Waals surface area (Å²) in [4.78, 5) is 27.2. The first-order valence-corrected chi connectivity index (χ1v) is 13.5. The second-order valence-corrected chi connectivity index (χ2v) is 10.5. The first-order valence-electron chi connectivity index (χ1n) is 11.6. The number of benzene rings is 4. The van der Waals surface area contributed by atoms with Gasteiger partial charge >= 0.3 is 0 Å². The molecule has 4 aromatic rings. The van der Waals surface area contributed by atoms with E-state index >= 15 is 0 Å². The SMILES string of the molecule is O=C(c1ccccc1)[C@H](C[C@@H](C(=O)c1ccccc1)[C@H](Br)c1ccccc1)[C@H](Br)c1ccccc1. The Kier molecular flexibility index (Phi) is 8.84. The molecule has 2 nitrogen and oxygen atoms in total. The zero-order valence-electron chi connectivity index (χ0n) is 19.1. The van der Waals surface area contributed by atoms with Crippen molar-refractivity contribution in [3.8, 4) is 0 Å². The zero-order valence-corrected chi connectivity index (χ0v) is 22.3. The van der Waals surface area contributed by atoms with E-state index in [0.29, 0.717) is 17.5 Å². The highest BCUT2D eigenvalue weighted by molar-refractivity contribution is 9.09. The number of halogens is 2. The Morgan fingerprint density at radius 1 is 0.486 bits per heavy atom. The van der Waals surface area contributed by atoms with Crippen molar-refractivity contribution in [3.05, 3.63) is 144 Å². The Balaban J connectivity index is 1.75. The van der Waals surface area contributed by atoms with Gasteiger partial charge in [0.05, 0.1) is 0 Å². The molecule has 0 aliphatic heterocycles. The van der Waals surface area contributed by atoms with E-state index in [1.54, 1.807) is 0 Å². The van der Waals surface area contributed by atoms with Crippen molar-refractivity contribution in [3.63, 3.8) is 0 Å². The summed E-state index contributed by atoms with van der Waals surface area (Å²) in [7, 11) is 0. The standard InChI is InChI=1S/C31H26Br2O2/c32-28(22-13-5-1-6-14-22)26(30(34)24-17-9-3-10-18-24)21-27(29(33)23-15-7-2-8-16-23)31(35)25-19-11-4-12-20-25/h1-20,26-29H,21H2/t26-,27-,28-,29-/m1/s1. The molecule has 0 amide bonds. The van der Waals surface area contributed by atoms with E-state index in [0.717, 1.165) is 11.1 Å². The molecule has 176 valence electrons. The van der Waals surface area contributed by atoms with Crippen LogP contribution < -0.4 is 0 Å². The highest BCUT2D eigenvalue weighted by atomic mass is 79.9. The highest BCUT2D eigenvalue weighted by Crippen LogP contribution is 2.43. The van der Waals surface area contributed by atoms with E-state index in [-0.39, 0.29) is 21.2 Å². The zero-order chi connectivity index (χ0) is 24.6. The maximum Gasteiger partial charge on any atom is 0.167 e.